The van der Waals surface area contributed by atoms with Gasteiger partial charge < -0.3 is 10.6 Å². The highest BCUT2D eigenvalue weighted by atomic mass is 79.9. The fourth-order valence-corrected chi connectivity index (χ4v) is 3.55. The zero-order chi connectivity index (χ0) is 15.2. The maximum atomic E-state index is 6.25. The molecule has 112 valence electrons. The largest absolute Gasteiger partial charge is 0.396 e. The van der Waals surface area contributed by atoms with Gasteiger partial charge in [-0.25, -0.2) is 0 Å². The third-order valence-corrected chi connectivity index (χ3v) is 5.05. The summed E-state index contributed by atoms with van der Waals surface area (Å²) in [7, 11) is 0. The number of pyridine rings is 1. The van der Waals surface area contributed by atoms with Crippen LogP contribution in [0.3, 0.4) is 0 Å². The Balaban J connectivity index is 2.05. The summed E-state index contributed by atoms with van der Waals surface area (Å²) < 4.78 is 1.07. The van der Waals surface area contributed by atoms with Gasteiger partial charge in [-0.05, 0) is 36.0 Å². The van der Waals surface area contributed by atoms with Gasteiger partial charge in [-0.3, -0.25) is 4.98 Å². The molecule has 1 fully saturated rings. The summed E-state index contributed by atoms with van der Waals surface area (Å²) in [5, 5.41) is 1.14. The Hall–Kier alpha value is -1.29. The van der Waals surface area contributed by atoms with E-state index in [4.69, 9.17) is 5.73 Å². The van der Waals surface area contributed by atoms with Crippen LogP contribution in [0.2, 0.25) is 0 Å². The number of nitrogens with two attached hydrogens (primary N) is 1. The summed E-state index contributed by atoms with van der Waals surface area (Å²) in [5.41, 5.74) is 9.51. The van der Waals surface area contributed by atoms with Crippen molar-refractivity contribution in [2.45, 2.75) is 27.2 Å². The number of rotatable bonds is 1. The topological polar surface area (TPSA) is 42.1 Å². The Morgan fingerprint density at radius 2 is 2.10 bits per heavy atom. The summed E-state index contributed by atoms with van der Waals surface area (Å²) in [4.78, 5) is 6.88. The summed E-state index contributed by atoms with van der Waals surface area (Å²) in [5.74, 6) is 0.701. The van der Waals surface area contributed by atoms with E-state index in [1.165, 1.54) is 6.42 Å². The van der Waals surface area contributed by atoms with E-state index >= 15 is 0 Å². The van der Waals surface area contributed by atoms with Crippen LogP contribution >= 0.6 is 15.9 Å². The van der Waals surface area contributed by atoms with Gasteiger partial charge in [0.15, 0.2) is 0 Å². The summed E-state index contributed by atoms with van der Waals surface area (Å²) in [6, 6.07) is 6.19. The van der Waals surface area contributed by atoms with Gasteiger partial charge in [0.25, 0.3) is 0 Å². The Labute approximate surface area is 134 Å². The zero-order valence-electron chi connectivity index (χ0n) is 12.9. The minimum atomic E-state index is 0.340. The SMILES string of the molecule is CC(C)(C)C1CCN(c2c(N)cnc3ccc(Br)cc23)C1. The van der Waals surface area contributed by atoms with Gasteiger partial charge in [0.2, 0.25) is 0 Å². The van der Waals surface area contributed by atoms with Crippen molar-refractivity contribution in [3.05, 3.63) is 28.9 Å². The van der Waals surface area contributed by atoms with E-state index in [-0.39, 0.29) is 0 Å². The van der Waals surface area contributed by atoms with Gasteiger partial charge >= 0.3 is 0 Å². The third-order valence-electron chi connectivity index (χ3n) is 4.56. The van der Waals surface area contributed by atoms with Crippen molar-refractivity contribution < 1.29 is 0 Å². The van der Waals surface area contributed by atoms with Crippen molar-refractivity contribution in [3.8, 4) is 0 Å². The smallest absolute Gasteiger partial charge is 0.0745 e. The number of nitrogens with zero attached hydrogens (tertiary/aromatic N) is 2. The maximum absolute atomic E-state index is 6.25. The Kier molecular flexibility index (Phi) is 3.60. The molecule has 2 heterocycles. The molecule has 3 nitrogen and oxygen atoms in total. The molecular weight excluding hydrogens is 326 g/mol. The molecular formula is C17H22BrN3. The third kappa shape index (κ3) is 2.73. The predicted molar refractivity (Wildman–Crippen MR) is 93.6 cm³/mol. The van der Waals surface area contributed by atoms with Crippen molar-refractivity contribution in [1.29, 1.82) is 0 Å². The molecule has 1 unspecified atom stereocenters. The fourth-order valence-electron chi connectivity index (χ4n) is 3.19. The maximum Gasteiger partial charge on any atom is 0.0745 e. The number of fused-ring (bicyclic) bond motifs is 1. The summed E-state index contributed by atoms with van der Waals surface area (Å²) >= 11 is 3.56. The molecule has 1 aromatic heterocycles. The molecule has 0 bridgehead atoms. The van der Waals surface area contributed by atoms with Gasteiger partial charge in [0.05, 0.1) is 23.1 Å². The second-order valence-corrected chi connectivity index (χ2v) is 7.94. The molecule has 2 aromatic rings. The van der Waals surface area contributed by atoms with Gasteiger partial charge in [0.1, 0.15) is 0 Å². The number of benzene rings is 1. The van der Waals surface area contributed by atoms with Crippen LogP contribution in [0.4, 0.5) is 11.4 Å². The van der Waals surface area contributed by atoms with E-state index < -0.39 is 0 Å². The van der Waals surface area contributed by atoms with E-state index in [2.05, 4.69) is 52.7 Å². The molecule has 0 aliphatic carbocycles. The van der Waals surface area contributed by atoms with Gasteiger partial charge in [-0.15, -0.1) is 0 Å². The van der Waals surface area contributed by atoms with E-state index in [9.17, 15) is 0 Å². The number of hydrogen-bond donors (Lipinski definition) is 1. The highest BCUT2D eigenvalue weighted by Crippen LogP contribution is 2.40. The first-order valence-electron chi connectivity index (χ1n) is 7.45. The zero-order valence-corrected chi connectivity index (χ0v) is 14.4. The number of halogens is 1. The second-order valence-electron chi connectivity index (χ2n) is 7.02. The lowest BCUT2D eigenvalue weighted by molar-refractivity contribution is 0.263. The number of nitrogen functional groups attached to an aromatic ring is 1. The first-order chi connectivity index (χ1) is 9.86. The quantitative estimate of drug-likeness (QED) is 0.828. The molecule has 0 spiro atoms. The van der Waals surface area contributed by atoms with E-state index in [0.29, 0.717) is 11.3 Å². The Morgan fingerprint density at radius 3 is 2.76 bits per heavy atom. The average molecular weight is 348 g/mol. The Morgan fingerprint density at radius 1 is 1.33 bits per heavy atom. The van der Waals surface area contributed by atoms with Crippen molar-refractivity contribution in [2.24, 2.45) is 11.3 Å². The van der Waals surface area contributed by atoms with Crippen LogP contribution in [0.25, 0.3) is 10.9 Å². The van der Waals surface area contributed by atoms with Crippen LogP contribution in [0, 0.1) is 11.3 Å². The highest BCUT2D eigenvalue weighted by Gasteiger charge is 2.33. The molecule has 0 amide bonds. The van der Waals surface area contributed by atoms with Crippen molar-refractivity contribution in [1.82, 2.24) is 4.98 Å². The first-order valence-corrected chi connectivity index (χ1v) is 8.24. The van der Waals surface area contributed by atoms with Gasteiger partial charge in [-0.1, -0.05) is 36.7 Å². The van der Waals surface area contributed by atoms with Crippen LogP contribution < -0.4 is 10.6 Å². The molecule has 1 aromatic carbocycles. The van der Waals surface area contributed by atoms with Crippen LogP contribution in [0.5, 0.6) is 0 Å². The molecule has 0 radical (unpaired) electrons. The van der Waals surface area contributed by atoms with Crippen molar-refractivity contribution >= 4 is 38.2 Å². The van der Waals surface area contributed by atoms with Crippen molar-refractivity contribution in [3.63, 3.8) is 0 Å². The molecule has 1 atom stereocenters. The predicted octanol–water partition coefficient (Wildman–Crippen LogP) is 4.45. The van der Waals surface area contributed by atoms with Gasteiger partial charge in [-0.2, -0.15) is 0 Å². The van der Waals surface area contributed by atoms with Crippen LogP contribution in [-0.2, 0) is 0 Å². The van der Waals surface area contributed by atoms with Crippen LogP contribution in [0.15, 0.2) is 28.9 Å². The lowest BCUT2D eigenvalue weighted by Gasteiger charge is -2.28. The number of aromatic nitrogens is 1. The van der Waals surface area contributed by atoms with Crippen LogP contribution in [0.1, 0.15) is 27.2 Å². The standard InChI is InChI=1S/C17H22BrN3/c1-17(2,3)11-6-7-21(10-11)16-13-8-12(18)4-5-15(13)20-9-14(16)19/h4-5,8-9,11H,6-7,10,19H2,1-3H3. The molecule has 4 heteroatoms. The minimum absolute atomic E-state index is 0.340. The molecule has 1 aliphatic rings. The van der Waals surface area contributed by atoms with Gasteiger partial charge in [0, 0.05) is 22.9 Å². The summed E-state index contributed by atoms with van der Waals surface area (Å²) in [6.07, 6.45) is 3.01. The molecule has 1 saturated heterocycles. The monoisotopic (exact) mass is 347 g/mol. The fraction of sp³-hybridized carbons (Fsp3) is 0.471. The molecule has 21 heavy (non-hydrogen) atoms. The van der Waals surface area contributed by atoms with Crippen LogP contribution in [-0.4, -0.2) is 18.1 Å². The first kappa shape index (κ1) is 14.6. The molecule has 2 N–H and O–H groups in total. The normalized spacial score (nSPS) is 19.4. The number of hydrogen-bond acceptors (Lipinski definition) is 3. The highest BCUT2D eigenvalue weighted by molar-refractivity contribution is 9.10. The molecule has 0 saturated carbocycles. The Bertz CT molecular complexity index is 670. The average Bonchev–Trinajstić information content (AvgIpc) is 2.87. The minimum Gasteiger partial charge on any atom is -0.396 e. The summed E-state index contributed by atoms with van der Waals surface area (Å²) in [6.45, 7) is 9.11. The van der Waals surface area contributed by atoms with E-state index in [0.717, 1.165) is 39.8 Å². The van der Waals surface area contributed by atoms with Crippen molar-refractivity contribution in [2.75, 3.05) is 23.7 Å². The number of anilines is 2. The lowest BCUT2D eigenvalue weighted by atomic mass is 9.80. The molecule has 1 aliphatic heterocycles. The van der Waals surface area contributed by atoms with E-state index in [1.54, 1.807) is 6.20 Å². The van der Waals surface area contributed by atoms with E-state index in [1.807, 2.05) is 12.1 Å². The molecule has 3 rings (SSSR count). The lowest BCUT2D eigenvalue weighted by Crippen LogP contribution is -2.26. The second kappa shape index (κ2) is 5.16.